The third-order valence-corrected chi connectivity index (χ3v) is 3.56. The number of halogens is 1. The molecule has 0 amide bonds. The summed E-state index contributed by atoms with van der Waals surface area (Å²) in [5.41, 5.74) is 0.949. The van der Waals surface area contributed by atoms with Crippen molar-refractivity contribution in [2.45, 2.75) is 19.1 Å². The molecule has 1 fully saturated rings. The normalized spacial score (nSPS) is 20.8. The lowest BCUT2D eigenvalue weighted by molar-refractivity contribution is -0.0629. The Morgan fingerprint density at radius 2 is 2.32 bits per heavy atom. The van der Waals surface area contributed by atoms with Crippen molar-refractivity contribution in [2.75, 3.05) is 46.6 Å². The maximum Gasteiger partial charge on any atom is 0.165 e. The highest BCUT2D eigenvalue weighted by Gasteiger charge is 2.23. The van der Waals surface area contributed by atoms with Crippen molar-refractivity contribution in [3.05, 3.63) is 29.6 Å². The summed E-state index contributed by atoms with van der Waals surface area (Å²) in [7, 11) is 1.57. The molecule has 0 unspecified atom stereocenters. The Hall–Kier alpha value is -1.21. The van der Waals surface area contributed by atoms with Gasteiger partial charge in [0, 0.05) is 26.7 Å². The maximum atomic E-state index is 13.6. The molecule has 0 bridgehead atoms. The molecule has 0 spiro atoms. The van der Waals surface area contributed by atoms with Gasteiger partial charge in [-0.1, -0.05) is 6.07 Å². The first-order chi connectivity index (χ1) is 10.6. The van der Waals surface area contributed by atoms with Crippen LogP contribution in [0.3, 0.4) is 0 Å². The van der Waals surface area contributed by atoms with Crippen LogP contribution in [0.2, 0.25) is 0 Å². The summed E-state index contributed by atoms with van der Waals surface area (Å²) in [6, 6.07) is 4.79. The second kappa shape index (κ2) is 8.43. The average molecular weight is 313 g/mol. The molecule has 1 saturated heterocycles. The van der Waals surface area contributed by atoms with E-state index in [4.69, 9.17) is 14.2 Å². The fourth-order valence-corrected chi connectivity index (χ4v) is 2.49. The highest BCUT2D eigenvalue weighted by atomic mass is 19.1. The molecule has 0 aromatic heterocycles. The SMILES string of the molecule is COC[C@@H](O)CN1CCO[C@@H](COc2cc(C)ccc2F)C1. The third-order valence-electron chi connectivity index (χ3n) is 3.56. The van der Waals surface area contributed by atoms with Crippen molar-refractivity contribution < 1.29 is 23.7 Å². The maximum absolute atomic E-state index is 13.6. The molecule has 124 valence electrons. The van der Waals surface area contributed by atoms with Gasteiger partial charge in [0.15, 0.2) is 11.6 Å². The van der Waals surface area contributed by atoms with E-state index in [0.29, 0.717) is 26.3 Å². The third kappa shape index (κ3) is 5.21. The van der Waals surface area contributed by atoms with E-state index in [2.05, 4.69) is 4.90 Å². The fourth-order valence-electron chi connectivity index (χ4n) is 2.49. The molecule has 1 aromatic carbocycles. The van der Waals surface area contributed by atoms with Crippen LogP contribution < -0.4 is 4.74 Å². The number of ether oxygens (including phenoxy) is 3. The Morgan fingerprint density at radius 1 is 1.50 bits per heavy atom. The van der Waals surface area contributed by atoms with Gasteiger partial charge in [-0.05, 0) is 24.6 Å². The van der Waals surface area contributed by atoms with Crippen molar-refractivity contribution in [1.82, 2.24) is 4.90 Å². The lowest BCUT2D eigenvalue weighted by atomic mass is 10.2. The zero-order valence-corrected chi connectivity index (χ0v) is 13.1. The van der Waals surface area contributed by atoms with Gasteiger partial charge in [-0.25, -0.2) is 4.39 Å². The zero-order chi connectivity index (χ0) is 15.9. The van der Waals surface area contributed by atoms with Gasteiger partial charge in [-0.15, -0.1) is 0 Å². The first-order valence-electron chi connectivity index (χ1n) is 7.48. The minimum absolute atomic E-state index is 0.136. The summed E-state index contributed by atoms with van der Waals surface area (Å²) in [6.07, 6.45) is -0.651. The van der Waals surface area contributed by atoms with E-state index in [-0.39, 0.29) is 24.3 Å². The molecule has 1 N–H and O–H groups in total. The number of aliphatic hydroxyl groups is 1. The quantitative estimate of drug-likeness (QED) is 0.820. The summed E-state index contributed by atoms with van der Waals surface area (Å²) in [4.78, 5) is 2.10. The largest absolute Gasteiger partial charge is 0.488 e. The van der Waals surface area contributed by atoms with E-state index in [9.17, 15) is 9.50 Å². The summed E-state index contributed by atoms with van der Waals surface area (Å²) >= 11 is 0. The van der Waals surface area contributed by atoms with Crippen LogP contribution in [0.25, 0.3) is 0 Å². The number of benzene rings is 1. The van der Waals surface area contributed by atoms with E-state index in [1.54, 1.807) is 19.2 Å². The monoisotopic (exact) mass is 313 g/mol. The van der Waals surface area contributed by atoms with Gasteiger partial charge >= 0.3 is 0 Å². The minimum atomic E-state index is -0.515. The van der Waals surface area contributed by atoms with Crippen LogP contribution in [0, 0.1) is 12.7 Å². The molecule has 22 heavy (non-hydrogen) atoms. The summed E-state index contributed by atoms with van der Waals surface area (Å²) in [5, 5.41) is 9.77. The van der Waals surface area contributed by atoms with Crippen LogP contribution in [0.4, 0.5) is 4.39 Å². The van der Waals surface area contributed by atoms with Gasteiger partial charge in [0.2, 0.25) is 0 Å². The topological polar surface area (TPSA) is 51.2 Å². The van der Waals surface area contributed by atoms with Gasteiger partial charge in [0.1, 0.15) is 12.7 Å². The van der Waals surface area contributed by atoms with Crippen LogP contribution in [0.5, 0.6) is 5.75 Å². The van der Waals surface area contributed by atoms with Crippen LogP contribution in [0.1, 0.15) is 5.56 Å². The smallest absolute Gasteiger partial charge is 0.165 e. The van der Waals surface area contributed by atoms with Gasteiger partial charge in [-0.2, -0.15) is 0 Å². The Kier molecular flexibility index (Phi) is 6.57. The second-order valence-electron chi connectivity index (χ2n) is 5.61. The van der Waals surface area contributed by atoms with E-state index < -0.39 is 6.10 Å². The molecule has 0 saturated carbocycles. The Morgan fingerprint density at radius 3 is 3.09 bits per heavy atom. The van der Waals surface area contributed by atoms with E-state index in [1.165, 1.54) is 6.07 Å². The number of aliphatic hydroxyl groups excluding tert-OH is 1. The summed E-state index contributed by atoms with van der Waals surface area (Å²) in [5.74, 6) is -0.117. The molecule has 1 aliphatic rings. The number of rotatable bonds is 7. The molecule has 1 aliphatic heterocycles. The molecular weight excluding hydrogens is 289 g/mol. The Labute approximate surface area is 130 Å². The molecule has 6 heteroatoms. The van der Waals surface area contributed by atoms with Crippen molar-refractivity contribution in [3.8, 4) is 5.75 Å². The molecule has 0 aliphatic carbocycles. The minimum Gasteiger partial charge on any atom is -0.488 e. The van der Waals surface area contributed by atoms with Crippen LogP contribution in [-0.2, 0) is 9.47 Å². The zero-order valence-electron chi connectivity index (χ0n) is 13.1. The molecule has 0 radical (unpaired) electrons. The molecule has 1 aromatic rings. The van der Waals surface area contributed by atoms with Crippen molar-refractivity contribution >= 4 is 0 Å². The molecular formula is C16H24FNO4. The van der Waals surface area contributed by atoms with Gasteiger partial charge in [0.05, 0.1) is 19.3 Å². The number of nitrogens with zero attached hydrogens (tertiary/aromatic N) is 1. The van der Waals surface area contributed by atoms with Crippen molar-refractivity contribution in [1.29, 1.82) is 0 Å². The number of hydrogen-bond acceptors (Lipinski definition) is 5. The van der Waals surface area contributed by atoms with Crippen molar-refractivity contribution in [3.63, 3.8) is 0 Å². The van der Waals surface area contributed by atoms with Gasteiger partial charge in [-0.3, -0.25) is 4.90 Å². The fraction of sp³-hybridized carbons (Fsp3) is 0.625. The number of hydrogen-bond donors (Lipinski definition) is 1. The highest BCUT2D eigenvalue weighted by Crippen LogP contribution is 2.19. The predicted octanol–water partition coefficient (Wildman–Crippen LogP) is 1.22. The van der Waals surface area contributed by atoms with Crippen LogP contribution in [0.15, 0.2) is 18.2 Å². The summed E-state index contributed by atoms with van der Waals surface area (Å²) < 4.78 is 29.7. The summed E-state index contributed by atoms with van der Waals surface area (Å²) in [6.45, 7) is 5.01. The van der Waals surface area contributed by atoms with Gasteiger partial charge < -0.3 is 19.3 Å². The average Bonchev–Trinajstić information content (AvgIpc) is 2.49. The standard InChI is InChI=1S/C16H24FNO4/c1-12-3-4-15(17)16(7-12)22-11-14-9-18(5-6-21-14)8-13(19)10-20-2/h3-4,7,13-14,19H,5-6,8-11H2,1-2H3/t13-,14+/m0/s1. The first kappa shape index (κ1) is 17.1. The van der Waals surface area contributed by atoms with E-state index in [1.807, 2.05) is 6.92 Å². The van der Waals surface area contributed by atoms with E-state index in [0.717, 1.165) is 12.1 Å². The predicted molar refractivity (Wildman–Crippen MR) is 80.7 cm³/mol. The number of morpholine rings is 1. The Balaban J connectivity index is 1.81. The van der Waals surface area contributed by atoms with Crippen molar-refractivity contribution in [2.24, 2.45) is 0 Å². The lowest BCUT2D eigenvalue weighted by Gasteiger charge is -2.33. The molecule has 2 atom stereocenters. The highest BCUT2D eigenvalue weighted by molar-refractivity contribution is 5.29. The second-order valence-corrected chi connectivity index (χ2v) is 5.61. The molecule has 2 rings (SSSR count). The molecule has 1 heterocycles. The molecule has 5 nitrogen and oxygen atoms in total. The number of β-amino-alcohol motifs (C(OH)–C–C–N with tert-alkyl or cyclic N) is 1. The van der Waals surface area contributed by atoms with Crippen LogP contribution in [-0.4, -0.2) is 68.8 Å². The number of methoxy groups -OCH3 is 1. The Bertz CT molecular complexity index is 471. The van der Waals surface area contributed by atoms with E-state index >= 15 is 0 Å². The van der Waals surface area contributed by atoms with Gasteiger partial charge in [0.25, 0.3) is 0 Å². The first-order valence-corrected chi connectivity index (χ1v) is 7.48. The number of aryl methyl sites for hydroxylation is 1. The lowest BCUT2D eigenvalue weighted by Crippen LogP contribution is -2.48. The van der Waals surface area contributed by atoms with Crippen LogP contribution >= 0.6 is 0 Å².